The van der Waals surface area contributed by atoms with Gasteiger partial charge in [0.15, 0.2) is 5.54 Å². The normalized spacial score (nSPS) is 17.7. The molecule has 0 aromatic heterocycles. The van der Waals surface area contributed by atoms with Crippen LogP contribution in [0.2, 0.25) is 0 Å². The Hall–Kier alpha value is -2.86. The molecule has 136 valence electrons. The zero-order valence-electron chi connectivity index (χ0n) is 14.5. The van der Waals surface area contributed by atoms with Crippen LogP contribution in [-0.4, -0.2) is 30.3 Å². The van der Waals surface area contributed by atoms with E-state index in [1.54, 1.807) is 6.92 Å². The van der Waals surface area contributed by atoms with Gasteiger partial charge in [-0.1, -0.05) is 60.7 Å². The van der Waals surface area contributed by atoms with Gasteiger partial charge in [0.25, 0.3) is 0 Å². The van der Waals surface area contributed by atoms with Crippen molar-refractivity contribution in [2.75, 3.05) is 6.61 Å². The summed E-state index contributed by atoms with van der Waals surface area (Å²) >= 11 is 0. The summed E-state index contributed by atoms with van der Waals surface area (Å²) in [4.78, 5) is 24.7. The number of carbonyl (C=O) groups excluding carboxylic acids is 2. The largest absolute Gasteiger partial charge is 0.459 e. The highest BCUT2D eigenvalue weighted by Gasteiger charge is 2.52. The summed E-state index contributed by atoms with van der Waals surface area (Å²) in [5.41, 5.74) is 0.438. The number of benzene rings is 2. The Morgan fingerprint density at radius 2 is 1.50 bits per heavy atom. The number of hydrogen-bond acceptors (Lipinski definition) is 5. The summed E-state index contributed by atoms with van der Waals surface area (Å²) in [6.45, 7) is 2.22. The van der Waals surface area contributed by atoms with E-state index in [0.717, 1.165) is 11.1 Å². The van der Waals surface area contributed by atoms with Crippen LogP contribution in [0.1, 0.15) is 18.1 Å². The van der Waals surface area contributed by atoms with Crippen LogP contribution < -0.4 is 5.32 Å². The number of nitrogens with one attached hydrogen (secondary N) is 1. The second-order valence-electron chi connectivity index (χ2n) is 6.27. The van der Waals surface area contributed by atoms with Crippen molar-refractivity contribution in [3.8, 4) is 0 Å². The lowest BCUT2D eigenvalue weighted by atomic mass is 9.99. The Bertz CT molecular complexity index is 745. The summed E-state index contributed by atoms with van der Waals surface area (Å²) in [7, 11) is 0. The third-order valence-corrected chi connectivity index (χ3v) is 4.19. The molecular weight excluding hydrogens is 334 g/mol. The van der Waals surface area contributed by atoms with Gasteiger partial charge >= 0.3 is 12.1 Å². The van der Waals surface area contributed by atoms with E-state index in [-0.39, 0.29) is 13.2 Å². The highest BCUT2D eigenvalue weighted by atomic mass is 16.6. The van der Waals surface area contributed by atoms with E-state index in [0.29, 0.717) is 6.61 Å². The van der Waals surface area contributed by atoms with Crippen LogP contribution in [0.25, 0.3) is 0 Å². The number of esters is 1. The number of amides is 1. The molecule has 1 fully saturated rings. The molecule has 0 aliphatic carbocycles. The van der Waals surface area contributed by atoms with Crippen molar-refractivity contribution < 1.29 is 23.8 Å². The van der Waals surface area contributed by atoms with Crippen LogP contribution in [0.4, 0.5) is 4.79 Å². The van der Waals surface area contributed by atoms with Crippen LogP contribution in [0, 0.1) is 0 Å². The smallest absolute Gasteiger partial charge is 0.408 e. The molecule has 0 saturated carbocycles. The minimum Gasteiger partial charge on any atom is -0.459 e. The fourth-order valence-electron chi connectivity index (χ4n) is 2.49. The molecule has 1 aliphatic heterocycles. The Morgan fingerprint density at radius 1 is 1.00 bits per heavy atom. The van der Waals surface area contributed by atoms with Crippen molar-refractivity contribution in [2.24, 2.45) is 0 Å². The first-order valence-electron chi connectivity index (χ1n) is 8.39. The second kappa shape index (κ2) is 8.01. The van der Waals surface area contributed by atoms with Crippen molar-refractivity contribution in [1.29, 1.82) is 0 Å². The SMILES string of the molecule is C[C@](NC(=O)OCc1ccccc1)(C(=O)OCc1ccccc1)C1CO1. The minimum absolute atomic E-state index is 0.118. The van der Waals surface area contributed by atoms with Crippen molar-refractivity contribution in [3.63, 3.8) is 0 Å². The van der Waals surface area contributed by atoms with Gasteiger partial charge in [-0.15, -0.1) is 0 Å². The zero-order valence-corrected chi connectivity index (χ0v) is 14.5. The number of ether oxygens (including phenoxy) is 3. The van der Waals surface area contributed by atoms with Crippen molar-refractivity contribution in [3.05, 3.63) is 71.8 Å². The van der Waals surface area contributed by atoms with E-state index < -0.39 is 23.7 Å². The summed E-state index contributed by atoms with van der Waals surface area (Å²) in [6.07, 6.45) is -1.11. The maximum atomic E-state index is 12.6. The molecule has 2 aromatic carbocycles. The first-order chi connectivity index (χ1) is 12.6. The van der Waals surface area contributed by atoms with E-state index in [2.05, 4.69) is 5.32 Å². The number of alkyl carbamates (subject to hydrolysis) is 1. The van der Waals surface area contributed by atoms with E-state index in [9.17, 15) is 9.59 Å². The van der Waals surface area contributed by atoms with Gasteiger partial charge in [0.1, 0.15) is 19.3 Å². The van der Waals surface area contributed by atoms with Gasteiger partial charge in [-0.05, 0) is 18.1 Å². The Balaban J connectivity index is 1.56. The maximum Gasteiger partial charge on any atom is 0.408 e. The monoisotopic (exact) mass is 355 g/mol. The third-order valence-electron chi connectivity index (χ3n) is 4.19. The van der Waals surface area contributed by atoms with Crippen LogP contribution in [-0.2, 0) is 32.2 Å². The highest BCUT2D eigenvalue weighted by molar-refractivity contribution is 5.86. The lowest BCUT2D eigenvalue weighted by Crippen LogP contribution is -2.57. The predicted octanol–water partition coefficient (Wildman–Crippen LogP) is 2.81. The molecule has 1 saturated heterocycles. The van der Waals surface area contributed by atoms with Gasteiger partial charge in [-0.3, -0.25) is 0 Å². The van der Waals surface area contributed by atoms with Gasteiger partial charge in [0.2, 0.25) is 0 Å². The Labute approximate surface area is 152 Å². The summed E-state index contributed by atoms with van der Waals surface area (Å²) in [5, 5.41) is 2.60. The van der Waals surface area contributed by atoms with Gasteiger partial charge < -0.3 is 19.5 Å². The zero-order chi connectivity index (χ0) is 18.4. The molecule has 6 heteroatoms. The molecule has 6 nitrogen and oxygen atoms in total. The lowest BCUT2D eigenvalue weighted by molar-refractivity contribution is -0.153. The number of rotatable bonds is 7. The molecule has 1 N–H and O–H groups in total. The van der Waals surface area contributed by atoms with E-state index >= 15 is 0 Å². The molecule has 0 bridgehead atoms. The molecule has 2 atom stereocenters. The average molecular weight is 355 g/mol. The quantitative estimate of drug-likeness (QED) is 0.610. The van der Waals surface area contributed by atoms with Crippen LogP contribution >= 0.6 is 0 Å². The van der Waals surface area contributed by atoms with E-state index in [1.807, 2.05) is 60.7 Å². The molecular formula is C20H21NO5. The van der Waals surface area contributed by atoms with Gasteiger partial charge in [-0.25, -0.2) is 9.59 Å². The topological polar surface area (TPSA) is 77.2 Å². The molecule has 26 heavy (non-hydrogen) atoms. The highest BCUT2D eigenvalue weighted by Crippen LogP contribution is 2.26. The number of hydrogen-bond donors (Lipinski definition) is 1. The summed E-state index contributed by atoms with van der Waals surface area (Å²) < 4.78 is 15.8. The van der Waals surface area contributed by atoms with Gasteiger partial charge in [-0.2, -0.15) is 0 Å². The molecule has 1 unspecified atom stereocenters. The van der Waals surface area contributed by atoms with Crippen molar-refractivity contribution >= 4 is 12.1 Å². The molecule has 0 spiro atoms. The molecule has 3 rings (SSSR count). The first kappa shape index (κ1) is 17.9. The molecule has 1 aliphatic rings. The molecule has 2 aromatic rings. The average Bonchev–Trinajstić information content (AvgIpc) is 3.52. The Kier molecular flexibility index (Phi) is 5.53. The number of carbonyl (C=O) groups is 2. The van der Waals surface area contributed by atoms with E-state index in [4.69, 9.17) is 14.2 Å². The number of epoxide rings is 1. The van der Waals surface area contributed by atoms with Crippen LogP contribution in [0.3, 0.4) is 0 Å². The van der Waals surface area contributed by atoms with Crippen molar-refractivity contribution in [2.45, 2.75) is 31.8 Å². The maximum absolute atomic E-state index is 12.6. The van der Waals surface area contributed by atoms with Crippen molar-refractivity contribution in [1.82, 2.24) is 5.32 Å². The van der Waals surface area contributed by atoms with Crippen LogP contribution in [0.5, 0.6) is 0 Å². The van der Waals surface area contributed by atoms with Gasteiger partial charge in [0.05, 0.1) is 6.61 Å². The minimum atomic E-state index is -1.29. The third kappa shape index (κ3) is 4.61. The fraction of sp³-hybridized carbons (Fsp3) is 0.300. The Morgan fingerprint density at radius 3 is 2.00 bits per heavy atom. The lowest BCUT2D eigenvalue weighted by Gasteiger charge is -2.26. The standard InChI is InChI=1S/C20H21NO5/c1-20(17-14-24-17,18(22)25-12-15-8-4-2-5-9-15)21-19(23)26-13-16-10-6-3-7-11-16/h2-11,17H,12-14H2,1H3,(H,21,23)/t17?,20-/m1/s1. The predicted molar refractivity (Wildman–Crippen MR) is 94.1 cm³/mol. The fourth-order valence-corrected chi connectivity index (χ4v) is 2.49. The molecule has 1 heterocycles. The van der Waals surface area contributed by atoms with Gasteiger partial charge in [0, 0.05) is 0 Å². The first-order valence-corrected chi connectivity index (χ1v) is 8.39. The molecule has 1 amide bonds. The molecule has 0 radical (unpaired) electrons. The second-order valence-corrected chi connectivity index (χ2v) is 6.27. The van der Waals surface area contributed by atoms with Crippen LogP contribution in [0.15, 0.2) is 60.7 Å². The summed E-state index contributed by atoms with van der Waals surface area (Å²) in [5.74, 6) is -0.555. The van der Waals surface area contributed by atoms with E-state index in [1.165, 1.54) is 0 Å². The summed E-state index contributed by atoms with van der Waals surface area (Å²) in [6, 6.07) is 18.6.